The maximum absolute atomic E-state index is 2.39. The van der Waals surface area contributed by atoms with Crippen molar-refractivity contribution in [1.29, 1.82) is 0 Å². The summed E-state index contributed by atoms with van der Waals surface area (Å²) in [6, 6.07) is 0. The second kappa shape index (κ2) is 28.5. The van der Waals surface area contributed by atoms with Crippen LogP contribution in [0.15, 0.2) is 0 Å². The molecule has 1 rings (SSSR count). The van der Waals surface area contributed by atoms with Crippen LogP contribution in [0.2, 0.25) is 0 Å². The van der Waals surface area contributed by atoms with Crippen LogP contribution in [-0.4, -0.2) is 0 Å². The molecule has 0 amide bonds. The molecule has 0 heterocycles. The van der Waals surface area contributed by atoms with E-state index in [9.17, 15) is 0 Å². The number of rotatable bonds is 17. The lowest BCUT2D eigenvalue weighted by atomic mass is 9.72. The van der Waals surface area contributed by atoms with Crippen molar-refractivity contribution in [1.82, 2.24) is 0 Å². The Hall–Kier alpha value is 0. The van der Waals surface area contributed by atoms with E-state index in [0.717, 1.165) is 41.4 Å². The zero-order valence-electron chi connectivity index (χ0n) is 29.2. The molecule has 0 heteroatoms. The van der Waals surface area contributed by atoms with Gasteiger partial charge in [0.2, 0.25) is 0 Å². The second-order valence-electron chi connectivity index (χ2n) is 13.2. The Labute approximate surface area is 245 Å². The van der Waals surface area contributed by atoms with Gasteiger partial charge in [-0.3, -0.25) is 0 Å². The van der Waals surface area contributed by atoms with Gasteiger partial charge < -0.3 is 0 Å². The van der Waals surface area contributed by atoms with Gasteiger partial charge in [-0.05, 0) is 80.0 Å². The zero-order chi connectivity index (χ0) is 29.2. The molecule has 0 atom stereocenters. The summed E-state index contributed by atoms with van der Waals surface area (Å²) in [5, 5.41) is 0. The molecule has 38 heavy (non-hydrogen) atoms. The summed E-state index contributed by atoms with van der Waals surface area (Å²) >= 11 is 0. The van der Waals surface area contributed by atoms with Crippen LogP contribution in [0.25, 0.3) is 0 Å². The fourth-order valence-corrected chi connectivity index (χ4v) is 6.90. The third kappa shape index (κ3) is 20.8. The molecule has 1 fully saturated rings. The molecule has 0 saturated heterocycles. The van der Waals surface area contributed by atoms with Crippen molar-refractivity contribution in [2.24, 2.45) is 41.4 Å². The Kier molecular flexibility index (Phi) is 30.1. The lowest BCUT2D eigenvalue weighted by Crippen LogP contribution is -2.21. The Morgan fingerprint density at radius 2 is 0.632 bits per heavy atom. The third-order valence-corrected chi connectivity index (χ3v) is 10.4. The highest BCUT2D eigenvalue weighted by molar-refractivity contribution is 4.77. The van der Waals surface area contributed by atoms with Crippen molar-refractivity contribution in [3.63, 3.8) is 0 Å². The van der Waals surface area contributed by atoms with Gasteiger partial charge in [0.05, 0.1) is 0 Å². The summed E-state index contributed by atoms with van der Waals surface area (Å²) in [6.45, 7) is 25.8. The first-order chi connectivity index (χ1) is 18.4. The van der Waals surface area contributed by atoms with Crippen molar-refractivity contribution in [2.45, 2.75) is 205 Å². The molecule has 0 aliphatic heterocycles. The van der Waals surface area contributed by atoms with Crippen LogP contribution in [0.4, 0.5) is 0 Å². The molecular weight excluding hydrogens is 456 g/mol. The summed E-state index contributed by atoms with van der Waals surface area (Å²) in [6.07, 6.45) is 28.5. The maximum atomic E-state index is 2.39. The predicted octanol–water partition coefficient (Wildman–Crippen LogP) is 14.3. The Balaban J connectivity index is 0. The minimum atomic E-state index is 0.976. The van der Waals surface area contributed by atoms with Gasteiger partial charge in [0, 0.05) is 0 Å². The van der Waals surface area contributed by atoms with E-state index in [1.807, 2.05) is 0 Å². The van der Waals surface area contributed by atoms with E-state index >= 15 is 0 Å². The van der Waals surface area contributed by atoms with Crippen LogP contribution in [0.5, 0.6) is 0 Å². The van der Waals surface area contributed by atoms with E-state index in [4.69, 9.17) is 0 Å². The molecule has 1 aliphatic rings. The van der Waals surface area contributed by atoms with E-state index in [1.54, 1.807) is 0 Å². The van der Waals surface area contributed by atoms with Crippen LogP contribution in [0.1, 0.15) is 205 Å². The first-order valence-electron chi connectivity index (χ1n) is 18.4. The molecule has 1 saturated carbocycles. The summed E-state index contributed by atoms with van der Waals surface area (Å²) in [5.41, 5.74) is 0. The normalized spacial score (nSPS) is 21.9. The van der Waals surface area contributed by atoms with E-state index in [1.165, 1.54) is 128 Å². The summed E-state index contributed by atoms with van der Waals surface area (Å²) < 4.78 is 0. The molecule has 0 spiro atoms. The first-order valence-corrected chi connectivity index (χ1v) is 18.4. The van der Waals surface area contributed by atoms with Crippen molar-refractivity contribution in [2.75, 3.05) is 0 Å². The number of unbranched alkanes of at least 4 members (excludes halogenated alkanes) is 4. The molecule has 0 radical (unpaired) electrons. The standard InChI is InChI=1S/C16H32.C15H32.C7H16/c1-5-13-9-14(6-2)11-16(8-4)12-15(7-3)10-13;1-6-13(7-2)11-15(10-5)12-14(8-3)9-4;1-3-5-7-6-4-2/h13-16H,5-12H2,1-4H3;13-15H,6-12H2,1-5H3;3-7H2,1-2H3. The van der Waals surface area contributed by atoms with Gasteiger partial charge in [-0.25, -0.2) is 0 Å². The van der Waals surface area contributed by atoms with Crippen LogP contribution >= 0.6 is 0 Å². The van der Waals surface area contributed by atoms with Gasteiger partial charge in [0.15, 0.2) is 0 Å². The van der Waals surface area contributed by atoms with E-state index in [0.29, 0.717) is 0 Å². The smallest absolute Gasteiger partial charge is 0.0412 e. The summed E-state index contributed by atoms with van der Waals surface area (Å²) in [4.78, 5) is 0. The van der Waals surface area contributed by atoms with Gasteiger partial charge in [-0.2, -0.15) is 0 Å². The summed E-state index contributed by atoms with van der Waals surface area (Å²) in [7, 11) is 0. The monoisotopic (exact) mass is 537 g/mol. The summed E-state index contributed by atoms with van der Waals surface area (Å²) in [5.74, 6) is 7.02. The molecule has 0 aromatic heterocycles. The van der Waals surface area contributed by atoms with Crippen LogP contribution < -0.4 is 0 Å². The minimum absolute atomic E-state index is 0.976. The fraction of sp³-hybridized carbons (Fsp3) is 1.00. The molecular formula is C38H80. The van der Waals surface area contributed by atoms with E-state index in [-0.39, 0.29) is 0 Å². The average molecular weight is 537 g/mol. The van der Waals surface area contributed by atoms with E-state index in [2.05, 4.69) is 76.2 Å². The number of hydrogen-bond donors (Lipinski definition) is 0. The minimum Gasteiger partial charge on any atom is -0.0654 e. The Morgan fingerprint density at radius 3 is 0.816 bits per heavy atom. The highest BCUT2D eigenvalue weighted by Gasteiger charge is 2.25. The topological polar surface area (TPSA) is 0 Å². The predicted molar refractivity (Wildman–Crippen MR) is 179 cm³/mol. The first kappa shape index (κ1) is 40.1. The Bertz CT molecular complexity index is 365. The van der Waals surface area contributed by atoms with Gasteiger partial charge >= 0.3 is 0 Å². The molecule has 0 aromatic rings. The lowest BCUT2D eigenvalue weighted by Gasteiger charge is -2.33. The molecule has 0 nitrogen and oxygen atoms in total. The highest BCUT2D eigenvalue weighted by Crippen LogP contribution is 2.38. The molecule has 232 valence electrons. The number of hydrogen-bond acceptors (Lipinski definition) is 0. The molecule has 0 unspecified atom stereocenters. The van der Waals surface area contributed by atoms with Crippen LogP contribution in [-0.2, 0) is 0 Å². The lowest BCUT2D eigenvalue weighted by molar-refractivity contribution is 0.183. The zero-order valence-corrected chi connectivity index (χ0v) is 29.2. The van der Waals surface area contributed by atoms with Crippen LogP contribution in [0, 0.1) is 41.4 Å². The van der Waals surface area contributed by atoms with Gasteiger partial charge in [0.1, 0.15) is 0 Å². The van der Waals surface area contributed by atoms with Crippen molar-refractivity contribution in [3.05, 3.63) is 0 Å². The molecule has 0 bridgehead atoms. The van der Waals surface area contributed by atoms with Crippen molar-refractivity contribution >= 4 is 0 Å². The van der Waals surface area contributed by atoms with E-state index < -0.39 is 0 Å². The quantitative estimate of drug-likeness (QED) is 0.162. The van der Waals surface area contributed by atoms with Crippen LogP contribution in [0.3, 0.4) is 0 Å². The maximum Gasteiger partial charge on any atom is -0.0412 e. The SMILES string of the molecule is CCC(CC)CC(CC)CC(CC)CC.CCC1CC(CC)CC(CC)CC(CC)C1.CCCCCCC. The molecule has 0 aromatic carbocycles. The molecule has 0 N–H and O–H groups in total. The Morgan fingerprint density at radius 1 is 0.368 bits per heavy atom. The molecule has 1 aliphatic carbocycles. The van der Waals surface area contributed by atoms with Crippen molar-refractivity contribution < 1.29 is 0 Å². The largest absolute Gasteiger partial charge is 0.0654 e. The second-order valence-corrected chi connectivity index (χ2v) is 13.2. The fourth-order valence-electron chi connectivity index (χ4n) is 6.90. The average Bonchev–Trinajstić information content (AvgIpc) is 2.94. The van der Waals surface area contributed by atoms with Gasteiger partial charge in [-0.15, -0.1) is 0 Å². The van der Waals surface area contributed by atoms with Crippen molar-refractivity contribution in [3.8, 4) is 0 Å². The van der Waals surface area contributed by atoms with Gasteiger partial charge in [-0.1, -0.05) is 166 Å². The van der Waals surface area contributed by atoms with Gasteiger partial charge in [0.25, 0.3) is 0 Å². The highest BCUT2D eigenvalue weighted by atomic mass is 14.3. The third-order valence-electron chi connectivity index (χ3n) is 10.4.